The Labute approximate surface area is 118 Å². The standard InChI is InChI=1S/C13H18O2.2C2H6/c1-8-9(2)13(15)11-7-5-3-4-6-10(11)12(8)14;2*1-2/h8-9H,3-7H2,1-2H3;2*1-2H3. The molecule has 2 atom stereocenters. The van der Waals surface area contributed by atoms with Gasteiger partial charge < -0.3 is 0 Å². The molecule has 0 bridgehead atoms. The molecule has 2 unspecified atom stereocenters. The summed E-state index contributed by atoms with van der Waals surface area (Å²) in [5.74, 6) is 0.265. The number of hydrogen-bond donors (Lipinski definition) is 0. The summed E-state index contributed by atoms with van der Waals surface area (Å²) in [5, 5.41) is 0. The average Bonchev–Trinajstić information content (AvgIpc) is 2.73. The van der Waals surface area contributed by atoms with Crippen LogP contribution in [0, 0.1) is 11.8 Å². The van der Waals surface area contributed by atoms with Crippen LogP contribution in [0.2, 0.25) is 0 Å². The minimum Gasteiger partial charge on any atom is -0.294 e. The molecule has 0 radical (unpaired) electrons. The van der Waals surface area contributed by atoms with Gasteiger partial charge in [-0.05, 0) is 25.7 Å². The zero-order valence-corrected chi connectivity index (χ0v) is 13.5. The molecule has 0 fully saturated rings. The Kier molecular flexibility index (Phi) is 8.62. The lowest BCUT2D eigenvalue weighted by atomic mass is 9.74. The highest BCUT2D eigenvalue weighted by Gasteiger charge is 2.37. The molecular formula is C17H30O2. The van der Waals surface area contributed by atoms with Crippen molar-refractivity contribution in [1.29, 1.82) is 0 Å². The summed E-state index contributed by atoms with van der Waals surface area (Å²) < 4.78 is 0. The molecule has 0 spiro atoms. The van der Waals surface area contributed by atoms with Gasteiger partial charge in [0.25, 0.3) is 0 Å². The van der Waals surface area contributed by atoms with E-state index in [1.807, 2.05) is 41.5 Å². The molecule has 2 aliphatic carbocycles. The molecule has 0 N–H and O–H groups in total. The van der Waals surface area contributed by atoms with Crippen LogP contribution in [0.25, 0.3) is 0 Å². The Hall–Kier alpha value is -0.920. The molecule has 2 rings (SSSR count). The smallest absolute Gasteiger partial charge is 0.162 e. The fraction of sp³-hybridized carbons (Fsp3) is 0.765. The van der Waals surface area contributed by atoms with E-state index in [4.69, 9.17) is 0 Å². The fourth-order valence-electron chi connectivity index (χ4n) is 2.63. The van der Waals surface area contributed by atoms with Gasteiger partial charge >= 0.3 is 0 Å². The maximum atomic E-state index is 12.1. The number of carbonyl (C=O) groups is 2. The number of hydrogen-bond acceptors (Lipinski definition) is 2. The highest BCUT2D eigenvalue weighted by molar-refractivity contribution is 6.13. The lowest BCUT2D eigenvalue weighted by Gasteiger charge is -2.27. The monoisotopic (exact) mass is 266 g/mol. The molecule has 2 aliphatic rings. The highest BCUT2D eigenvalue weighted by Crippen LogP contribution is 2.35. The van der Waals surface area contributed by atoms with Crippen molar-refractivity contribution < 1.29 is 9.59 Å². The Balaban J connectivity index is 0.000000741. The first-order valence-corrected chi connectivity index (χ1v) is 7.93. The first-order valence-electron chi connectivity index (χ1n) is 7.93. The third-order valence-corrected chi connectivity index (χ3v) is 3.89. The van der Waals surface area contributed by atoms with Crippen LogP contribution in [0.4, 0.5) is 0 Å². The van der Waals surface area contributed by atoms with Crippen molar-refractivity contribution in [3.05, 3.63) is 11.1 Å². The van der Waals surface area contributed by atoms with Crippen molar-refractivity contribution in [1.82, 2.24) is 0 Å². The molecule has 2 heteroatoms. The van der Waals surface area contributed by atoms with Crippen LogP contribution in [0.1, 0.15) is 73.6 Å². The average molecular weight is 266 g/mol. The molecular weight excluding hydrogens is 236 g/mol. The van der Waals surface area contributed by atoms with E-state index < -0.39 is 0 Å². The third-order valence-electron chi connectivity index (χ3n) is 3.89. The van der Waals surface area contributed by atoms with Crippen LogP contribution in [-0.4, -0.2) is 11.6 Å². The van der Waals surface area contributed by atoms with E-state index >= 15 is 0 Å². The lowest BCUT2D eigenvalue weighted by molar-refractivity contribution is -0.129. The first-order chi connectivity index (χ1) is 9.13. The normalized spacial score (nSPS) is 26.4. The van der Waals surface area contributed by atoms with Gasteiger partial charge in [-0.1, -0.05) is 48.0 Å². The van der Waals surface area contributed by atoms with Crippen molar-refractivity contribution in [2.45, 2.75) is 73.6 Å². The van der Waals surface area contributed by atoms with Crippen LogP contribution in [0.3, 0.4) is 0 Å². The maximum absolute atomic E-state index is 12.1. The van der Waals surface area contributed by atoms with Gasteiger partial charge in [0.1, 0.15) is 0 Å². The maximum Gasteiger partial charge on any atom is 0.162 e. The quantitative estimate of drug-likeness (QED) is 0.635. The summed E-state index contributed by atoms with van der Waals surface area (Å²) in [6.07, 6.45) is 4.95. The van der Waals surface area contributed by atoms with Gasteiger partial charge in [-0.15, -0.1) is 0 Å². The van der Waals surface area contributed by atoms with E-state index in [9.17, 15) is 9.59 Å². The summed E-state index contributed by atoms with van der Waals surface area (Å²) in [6.45, 7) is 11.8. The van der Waals surface area contributed by atoms with Gasteiger partial charge in [-0.3, -0.25) is 9.59 Å². The summed E-state index contributed by atoms with van der Waals surface area (Å²) in [7, 11) is 0. The summed E-state index contributed by atoms with van der Waals surface area (Å²) in [4.78, 5) is 24.1. The van der Waals surface area contributed by atoms with Crippen LogP contribution in [-0.2, 0) is 9.59 Å². The summed E-state index contributed by atoms with van der Waals surface area (Å²) in [6, 6.07) is 0. The van der Waals surface area contributed by atoms with Gasteiger partial charge in [-0.2, -0.15) is 0 Å². The third kappa shape index (κ3) is 4.02. The van der Waals surface area contributed by atoms with Gasteiger partial charge in [0.2, 0.25) is 0 Å². The molecule has 0 heterocycles. The Morgan fingerprint density at radius 2 is 1.00 bits per heavy atom. The molecule has 0 saturated heterocycles. The van der Waals surface area contributed by atoms with E-state index in [0.29, 0.717) is 0 Å². The zero-order chi connectivity index (χ0) is 15.0. The van der Waals surface area contributed by atoms with Crippen molar-refractivity contribution in [2.75, 3.05) is 0 Å². The van der Waals surface area contributed by atoms with E-state index in [2.05, 4.69) is 0 Å². The number of ketones is 2. The number of allylic oxidation sites excluding steroid dienone is 2. The van der Waals surface area contributed by atoms with Gasteiger partial charge in [-0.25, -0.2) is 0 Å². The summed E-state index contributed by atoms with van der Waals surface area (Å²) >= 11 is 0. The second-order valence-electron chi connectivity index (χ2n) is 4.82. The Bertz CT molecular complexity index is 307. The topological polar surface area (TPSA) is 34.1 Å². The summed E-state index contributed by atoms with van der Waals surface area (Å²) in [5.41, 5.74) is 1.73. The first kappa shape index (κ1) is 18.1. The second-order valence-corrected chi connectivity index (χ2v) is 4.82. The van der Waals surface area contributed by atoms with Crippen molar-refractivity contribution in [3.8, 4) is 0 Å². The highest BCUT2D eigenvalue weighted by atomic mass is 16.1. The van der Waals surface area contributed by atoms with Crippen molar-refractivity contribution in [2.24, 2.45) is 11.8 Å². The van der Waals surface area contributed by atoms with E-state index in [-0.39, 0.29) is 23.4 Å². The number of carbonyl (C=O) groups excluding carboxylic acids is 2. The predicted octanol–water partition coefficient (Wildman–Crippen LogP) is 4.72. The molecule has 110 valence electrons. The molecule has 2 nitrogen and oxygen atoms in total. The van der Waals surface area contributed by atoms with Crippen LogP contribution >= 0.6 is 0 Å². The molecule has 0 aliphatic heterocycles. The molecule has 0 saturated carbocycles. The van der Waals surface area contributed by atoms with E-state index in [1.54, 1.807) is 0 Å². The zero-order valence-electron chi connectivity index (χ0n) is 13.5. The number of rotatable bonds is 0. The van der Waals surface area contributed by atoms with Crippen molar-refractivity contribution >= 4 is 11.6 Å². The van der Waals surface area contributed by atoms with Gasteiger partial charge in [0.05, 0.1) is 0 Å². The van der Waals surface area contributed by atoms with E-state index in [0.717, 1.165) is 43.3 Å². The molecule has 0 aromatic rings. The SMILES string of the molecule is CC.CC.CC1C(=O)C2=C(CCCCC2)C(=O)C1C. The minimum absolute atomic E-state index is 0.102. The predicted molar refractivity (Wildman–Crippen MR) is 81.1 cm³/mol. The lowest BCUT2D eigenvalue weighted by Crippen LogP contribution is -2.34. The van der Waals surface area contributed by atoms with Gasteiger partial charge in [0, 0.05) is 23.0 Å². The molecule has 19 heavy (non-hydrogen) atoms. The van der Waals surface area contributed by atoms with Crippen molar-refractivity contribution in [3.63, 3.8) is 0 Å². The molecule has 0 aromatic heterocycles. The van der Waals surface area contributed by atoms with Crippen LogP contribution in [0.15, 0.2) is 11.1 Å². The fourth-order valence-corrected chi connectivity index (χ4v) is 2.63. The van der Waals surface area contributed by atoms with Crippen LogP contribution < -0.4 is 0 Å². The van der Waals surface area contributed by atoms with Gasteiger partial charge in [0.15, 0.2) is 11.6 Å². The minimum atomic E-state index is -0.102. The van der Waals surface area contributed by atoms with E-state index in [1.165, 1.54) is 0 Å². The molecule has 0 aromatic carbocycles. The van der Waals surface area contributed by atoms with Crippen LogP contribution in [0.5, 0.6) is 0 Å². The Morgan fingerprint density at radius 3 is 1.32 bits per heavy atom. The number of Topliss-reactive ketones (excluding diaryl/α,β-unsaturated/α-hetero) is 2. The molecule has 0 amide bonds. The largest absolute Gasteiger partial charge is 0.294 e. The Morgan fingerprint density at radius 1 is 0.684 bits per heavy atom. The second kappa shape index (κ2) is 9.06.